The smallest absolute Gasteiger partial charge is 0.319 e. The van der Waals surface area contributed by atoms with E-state index in [4.69, 9.17) is 14.2 Å². The number of hydrogen-bond acceptors (Lipinski definition) is 6. The topological polar surface area (TPSA) is 130 Å². The zero-order chi connectivity index (χ0) is 30.6. The van der Waals surface area contributed by atoms with Gasteiger partial charge in [0.25, 0.3) is 0 Å². The van der Waals surface area contributed by atoms with Gasteiger partial charge < -0.3 is 40.4 Å². The van der Waals surface area contributed by atoms with Crippen LogP contribution in [0.2, 0.25) is 0 Å². The summed E-state index contributed by atoms with van der Waals surface area (Å²) in [5.74, 6) is 1.76. The summed E-state index contributed by atoms with van der Waals surface area (Å²) in [5, 5.41) is 11.3. The number of ether oxygens (including phenoxy) is 3. The van der Waals surface area contributed by atoms with Crippen molar-refractivity contribution in [3.05, 3.63) is 77.9 Å². The summed E-state index contributed by atoms with van der Waals surface area (Å²) in [6, 6.07) is 18.5. The van der Waals surface area contributed by atoms with E-state index in [9.17, 15) is 14.4 Å². The highest BCUT2D eigenvalue weighted by Crippen LogP contribution is 2.33. The van der Waals surface area contributed by atoms with Crippen molar-refractivity contribution in [1.29, 1.82) is 0 Å². The highest BCUT2D eigenvalue weighted by Gasteiger charge is 2.29. The van der Waals surface area contributed by atoms with Gasteiger partial charge in [0.05, 0.1) is 21.3 Å². The zero-order valence-corrected chi connectivity index (χ0v) is 24.8. The third-order valence-corrected chi connectivity index (χ3v) is 7.22. The second-order valence-corrected chi connectivity index (χ2v) is 10.1. The van der Waals surface area contributed by atoms with E-state index in [2.05, 4.69) is 21.3 Å². The summed E-state index contributed by atoms with van der Waals surface area (Å²) in [6.07, 6.45) is 2.31. The Morgan fingerprint density at radius 1 is 0.791 bits per heavy atom. The van der Waals surface area contributed by atoms with Crippen LogP contribution in [0.3, 0.4) is 0 Å². The summed E-state index contributed by atoms with van der Waals surface area (Å²) in [4.78, 5) is 40.7. The second-order valence-electron chi connectivity index (χ2n) is 10.1. The average molecular weight is 590 g/mol. The van der Waals surface area contributed by atoms with Gasteiger partial charge in [0.2, 0.25) is 5.91 Å². The molecule has 0 fully saturated rings. The monoisotopic (exact) mass is 589 g/mol. The SMILES string of the molecule is COc1ccc(NC(=O)N[C@@H](CCCCNC(=O)Nc2ccccc2)C(=O)N2CCc3cc(OC)c(OC)cc3C2)cc1. The first-order valence-electron chi connectivity index (χ1n) is 14.2. The molecular weight excluding hydrogens is 550 g/mol. The highest BCUT2D eigenvalue weighted by molar-refractivity contribution is 5.94. The number of benzene rings is 3. The predicted molar refractivity (Wildman–Crippen MR) is 165 cm³/mol. The van der Waals surface area contributed by atoms with E-state index in [1.165, 1.54) is 0 Å². The molecule has 0 saturated heterocycles. The minimum absolute atomic E-state index is 0.167. The summed E-state index contributed by atoms with van der Waals surface area (Å²) >= 11 is 0. The van der Waals surface area contributed by atoms with Crippen LogP contribution >= 0.6 is 0 Å². The molecule has 1 aliphatic heterocycles. The van der Waals surface area contributed by atoms with Gasteiger partial charge in [-0.15, -0.1) is 0 Å². The van der Waals surface area contributed by atoms with Crippen molar-refractivity contribution in [3.63, 3.8) is 0 Å². The number of methoxy groups -OCH3 is 3. The van der Waals surface area contributed by atoms with Crippen LogP contribution in [0.15, 0.2) is 66.7 Å². The van der Waals surface area contributed by atoms with Crippen molar-refractivity contribution in [2.24, 2.45) is 0 Å². The Kier molecular flexibility index (Phi) is 11.1. The lowest BCUT2D eigenvalue weighted by Gasteiger charge is -2.32. The number of carbonyl (C=O) groups is 3. The van der Waals surface area contributed by atoms with Crippen LogP contribution in [-0.4, -0.2) is 63.3 Å². The van der Waals surface area contributed by atoms with Crippen molar-refractivity contribution < 1.29 is 28.6 Å². The molecule has 11 heteroatoms. The number of carbonyl (C=O) groups excluding carboxylic acids is 3. The number of fused-ring (bicyclic) bond motifs is 1. The fraction of sp³-hybridized carbons (Fsp3) is 0.344. The molecule has 0 saturated carbocycles. The quantitative estimate of drug-likeness (QED) is 0.225. The summed E-state index contributed by atoms with van der Waals surface area (Å²) in [6.45, 7) is 1.34. The van der Waals surface area contributed by atoms with Gasteiger partial charge in [-0.2, -0.15) is 0 Å². The molecule has 3 aromatic rings. The maximum atomic E-state index is 13.8. The first-order valence-corrected chi connectivity index (χ1v) is 14.2. The summed E-state index contributed by atoms with van der Waals surface area (Å²) in [7, 11) is 4.75. The van der Waals surface area contributed by atoms with Crippen LogP contribution in [0.4, 0.5) is 21.0 Å². The molecule has 0 unspecified atom stereocenters. The number of amides is 5. The van der Waals surface area contributed by atoms with Gasteiger partial charge in [-0.25, -0.2) is 9.59 Å². The molecule has 0 radical (unpaired) electrons. The number of urea groups is 2. The maximum Gasteiger partial charge on any atom is 0.319 e. The first kappa shape index (κ1) is 31.0. The van der Waals surface area contributed by atoms with Crippen LogP contribution in [0.25, 0.3) is 0 Å². The fourth-order valence-electron chi connectivity index (χ4n) is 4.92. The van der Waals surface area contributed by atoms with Crippen molar-refractivity contribution in [2.45, 2.75) is 38.3 Å². The van der Waals surface area contributed by atoms with Crippen LogP contribution in [0.1, 0.15) is 30.4 Å². The van der Waals surface area contributed by atoms with E-state index >= 15 is 0 Å². The average Bonchev–Trinajstić information content (AvgIpc) is 3.03. The second kappa shape index (κ2) is 15.3. The number of para-hydroxylation sites is 1. The molecule has 3 aromatic carbocycles. The van der Waals surface area contributed by atoms with Crippen molar-refractivity contribution in [2.75, 3.05) is 45.1 Å². The Morgan fingerprint density at radius 3 is 2.12 bits per heavy atom. The molecule has 228 valence electrons. The van der Waals surface area contributed by atoms with Crippen LogP contribution in [-0.2, 0) is 17.8 Å². The Hall–Kier alpha value is -4.93. The van der Waals surface area contributed by atoms with Crippen LogP contribution in [0, 0.1) is 0 Å². The molecule has 0 aromatic heterocycles. The van der Waals surface area contributed by atoms with Crippen molar-refractivity contribution in [1.82, 2.24) is 15.5 Å². The molecule has 5 amide bonds. The molecule has 43 heavy (non-hydrogen) atoms. The van der Waals surface area contributed by atoms with Gasteiger partial charge in [-0.1, -0.05) is 18.2 Å². The molecule has 0 bridgehead atoms. The van der Waals surface area contributed by atoms with Crippen molar-refractivity contribution >= 4 is 29.3 Å². The first-order chi connectivity index (χ1) is 20.9. The van der Waals surface area contributed by atoms with Crippen LogP contribution in [0.5, 0.6) is 17.2 Å². The maximum absolute atomic E-state index is 13.8. The van der Waals surface area contributed by atoms with E-state index in [1.807, 2.05) is 42.5 Å². The zero-order valence-electron chi connectivity index (χ0n) is 24.8. The molecule has 1 atom stereocenters. The van der Waals surface area contributed by atoms with Gasteiger partial charge in [-0.3, -0.25) is 4.79 Å². The molecule has 11 nitrogen and oxygen atoms in total. The molecule has 4 N–H and O–H groups in total. The highest BCUT2D eigenvalue weighted by atomic mass is 16.5. The molecule has 0 spiro atoms. The molecule has 1 heterocycles. The minimum Gasteiger partial charge on any atom is -0.497 e. The molecule has 4 rings (SSSR count). The molecule has 0 aliphatic carbocycles. The van der Waals surface area contributed by atoms with Crippen molar-refractivity contribution in [3.8, 4) is 17.2 Å². The number of hydrogen-bond donors (Lipinski definition) is 4. The Labute approximate surface area is 251 Å². The number of nitrogens with one attached hydrogen (secondary N) is 4. The van der Waals surface area contributed by atoms with E-state index in [0.717, 1.165) is 11.1 Å². The summed E-state index contributed by atoms with van der Waals surface area (Å²) < 4.78 is 16.1. The largest absolute Gasteiger partial charge is 0.497 e. The Balaban J connectivity index is 1.37. The number of rotatable bonds is 12. The standard InChI is InChI=1S/C32H39N5O6/c1-41-26-14-12-25(13-15-26)35-32(40)36-27(11-7-8-17-33-31(39)34-24-9-5-4-6-10-24)30(38)37-18-16-22-19-28(42-2)29(43-3)20-23(22)21-37/h4-6,9-10,12-15,19-20,27H,7-8,11,16-18,21H2,1-3H3,(H2,33,34,39)(H2,35,36,40)/t27-/m0/s1. The number of anilines is 2. The fourth-order valence-corrected chi connectivity index (χ4v) is 4.92. The third-order valence-electron chi connectivity index (χ3n) is 7.22. The van der Waals surface area contributed by atoms with E-state index in [0.29, 0.717) is 73.9 Å². The molecular formula is C32H39N5O6. The molecule has 1 aliphatic rings. The minimum atomic E-state index is -0.752. The number of nitrogens with zero attached hydrogens (tertiary/aromatic N) is 1. The lowest BCUT2D eigenvalue weighted by Crippen LogP contribution is -2.50. The van der Waals surface area contributed by atoms with Gasteiger partial charge >= 0.3 is 12.1 Å². The van der Waals surface area contributed by atoms with E-state index in [1.54, 1.807) is 50.5 Å². The normalized spacial score (nSPS) is 12.8. The van der Waals surface area contributed by atoms with Gasteiger partial charge in [0.15, 0.2) is 11.5 Å². The number of unbranched alkanes of at least 4 members (excludes halogenated alkanes) is 1. The van der Waals surface area contributed by atoms with Gasteiger partial charge in [0.1, 0.15) is 11.8 Å². The van der Waals surface area contributed by atoms with E-state index in [-0.39, 0.29) is 11.9 Å². The predicted octanol–water partition coefficient (Wildman–Crippen LogP) is 4.78. The lowest BCUT2D eigenvalue weighted by atomic mass is 9.97. The van der Waals surface area contributed by atoms with Gasteiger partial charge in [-0.05, 0) is 85.3 Å². The van der Waals surface area contributed by atoms with Crippen LogP contribution < -0.4 is 35.5 Å². The third kappa shape index (κ3) is 8.78. The Bertz CT molecular complexity index is 1380. The summed E-state index contributed by atoms with van der Waals surface area (Å²) in [5.41, 5.74) is 3.36. The lowest BCUT2D eigenvalue weighted by molar-refractivity contribution is -0.134. The van der Waals surface area contributed by atoms with Gasteiger partial charge in [0, 0.05) is 31.0 Å². The Morgan fingerprint density at radius 2 is 1.44 bits per heavy atom. The van der Waals surface area contributed by atoms with E-state index < -0.39 is 12.1 Å².